The zero-order chi connectivity index (χ0) is 20.1. The van der Waals surface area contributed by atoms with Gasteiger partial charge in [0.1, 0.15) is 0 Å². The van der Waals surface area contributed by atoms with Crippen LogP contribution in [0.5, 0.6) is 0 Å². The number of hydrogen-bond donors (Lipinski definition) is 1. The van der Waals surface area contributed by atoms with Gasteiger partial charge in [-0.2, -0.15) is 0 Å². The van der Waals surface area contributed by atoms with Gasteiger partial charge in [-0.15, -0.1) is 0 Å². The number of nitro groups is 1. The maximum absolute atomic E-state index is 12.6. The Hall–Kier alpha value is -2.06. The summed E-state index contributed by atoms with van der Waals surface area (Å²) in [6.07, 6.45) is 2.11. The monoisotopic (exact) mass is 410 g/mol. The van der Waals surface area contributed by atoms with Gasteiger partial charge >= 0.3 is 0 Å². The molecular weight excluding hydrogens is 388 g/mol. The Balaban J connectivity index is 2.14. The second-order valence-electron chi connectivity index (χ2n) is 6.24. The molecule has 1 aromatic heterocycles. The third-order valence-corrected chi connectivity index (χ3v) is 5.65. The number of carbonyl (C=O) groups is 1. The molecule has 0 radical (unpaired) electrons. The standard InChI is InChI=1S/C18H23ClN4O3S/c1-5-6-9-22-12(3)11(2)20-18(22)27-13(4)17(24)21-16-10-14(23(25)26)7-8-15(16)19/h7-8,10,13H,5-6,9H2,1-4H3,(H,21,24). The number of nitrogens with one attached hydrogen (secondary N) is 1. The summed E-state index contributed by atoms with van der Waals surface area (Å²) in [7, 11) is 0. The molecule has 2 rings (SSSR count). The number of halogens is 1. The molecule has 0 bridgehead atoms. The van der Waals surface area contributed by atoms with E-state index in [0.29, 0.717) is 0 Å². The molecule has 7 nitrogen and oxygen atoms in total. The summed E-state index contributed by atoms with van der Waals surface area (Å²) in [5.41, 5.74) is 2.14. The van der Waals surface area contributed by atoms with Crippen molar-refractivity contribution >= 4 is 40.6 Å². The summed E-state index contributed by atoms with van der Waals surface area (Å²) < 4.78 is 2.13. The lowest BCUT2D eigenvalue weighted by Crippen LogP contribution is -2.23. The number of rotatable bonds is 8. The van der Waals surface area contributed by atoms with Gasteiger partial charge in [0, 0.05) is 24.4 Å². The molecule has 1 N–H and O–H groups in total. The van der Waals surface area contributed by atoms with E-state index in [1.54, 1.807) is 6.92 Å². The maximum Gasteiger partial charge on any atom is 0.271 e. The van der Waals surface area contributed by atoms with E-state index < -0.39 is 10.2 Å². The van der Waals surface area contributed by atoms with Crippen LogP contribution < -0.4 is 5.32 Å². The molecule has 9 heteroatoms. The third kappa shape index (κ3) is 5.23. The first-order valence-electron chi connectivity index (χ1n) is 8.69. The zero-order valence-electron chi connectivity index (χ0n) is 15.8. The van der Waals surface area contributed by atoms with E-state index in [1.807, 2.05) is 13.8 Å². The molecule has 0 spiro atoms. The normalized spacial score (nSPS) is 12.0. The van der Waals surface area contributed by atoms with Crippen molar-refractivity contribution in [2.45, 2.75) is 57.5 Å². The molecule has 0 saturated carbocycles. The van der Waals surface area contributed by atoms with Crippen LogP contribution in [-0.2, 0) is 11.3 Å². The van der Waals surface area contributed by atoms with Crippen molar-refractivity contribution in [2.24, 2.45) is 0 Å². The van der Waals surface area contributed by atoms with E-state index >= 15 is 0 Å². The van der Waals surface area contributed by atoms with Crippen LogP contribution in [0.1, 0.15) is 38.1 Å². The smallest absolute Gasteiger partial charge is 0.271 e. The number of aryl methyl sites for hydroxylation is 1. The van der Waals surface area contributed by atoms with Gasteiger partial charge in [-0.1, -0.05) is 36.7 Å². The highest BCUT2D eigenvalue weighted by atomic mass is 35.5. The molecule has 0 aliphatic heterocycles. The SMILES string of the molecule is CCCCn1c(SC(C)C(=O)Nc2cc([N+](=O)[O-])ccc2Cl)nc(C)c1C. The molecule has 1 unspecified atom stereocenters. The quantitative estimate of drug-likeness (QED) is 0.376. The number of nitro benzene ring substituents is 1. The molecule has 1 heterocycles. The Labute approximate surface area is 167 Å². The number of benzene rings is 1. The minimum atomic E-state index is -0.528. The Morgan fingerprint density at radius 1 is 1.44 bits per heavy atom. The van der Waals surface area contributed by atoms with E-state index in [2.05, 4.69) is 21.8 Å². The molecule has 1 atom stereocenters. The van der Waals surface area contributed by atoms with Crippen molar-refractivity contribution in [3.8, 4) is 0 Å². The number of amides is 1. The van der Waals surface area contributed by atoms with Gasteiger partial charge in [-0.3, -0.25) is 14.9 Å². The summed E-state index contributed by atoms with van der Waals surface area (Å²) in [4.78, 5) is 27.5. The summed E-state index contributed by atoms with van der Waals surface area (Å²) in [6.45, 7) is 8.74. The fourth-order valence-corrected chi connectivity index (χ4v) is 3.65. The van der Waals surface area contributed by atoms with Gasteiger partial charge in [-0.25, -0.2) is 4.98 Å². The number of hydrogen-bond acceptors (Lipinski definition) is 5. The summed E-state index contributed by atoms with van der Waals surface area (Å²) in [5, 5.41) is 14.2. The first-order valence-corrected chi connectivity index (χ1v) is 9.95. The molecule has 1 amide bonds. The lowest BCUT2D eigenvalue weighted by molar-refractivity contribution is -0.384. The minimum Gasteiger partial charge on any atom is -0.324 e. The number of nitrogens with zero attached hydrogens (tertiary/aromatic N) is 3. The van der Waals surface area contributed by atoms with E-state index in [1.165, 1.54) is 30.0 Å². The number of non-ortho nitro benzene ring substituents is 1. The van der Waals surface area contributed by atoms with Crippen LogP contribution in [0.25, 0.3) is 0 Å². The molecule has 2 aromatic rings. The predicted molar refractivity (Wildman–Crippen MR) is 109 cm³/mol. The van der Waals surface area contributed by atoms with Crippen LogP contribution in [0, 0.1) is 24.0 Å². The number of anilines is 1. The lowest BCUT2D eigenvalue weighted by Gasteiger charge is -2.14. The van der Waals surface area contributed by atoms with Gasteiger partial charge in [0.25, 0.3) is 5.69 Å². The van der Waals surface area contributed by atoms with Crippen molar-refractivity contribution in [1.29, 1.82) is 0 Å². The zero-order valence-corrected chi connectivity index (χ0v) is 17.4. The first kappa shape index (κ1) is 21.2. The second kappa shape index (κ2) is 9.23. The van der Waals surface area contributed by atoms with Gasteiger partial charge in [0.15, 0.2) is 5.16 Å². The van der Waals surface area contributed by atoms with Gasteiger partial charge < -0.3 is 9.88 Å². The van der Waals surface area contributed by atoms with Gasteiger partial charge in [0.05, 0.1) is 26.6 Å². The van der Waals surface area contributed by atoms with Crippen molar-refractivity contribution in [3.63, 3.8) is 0 Å². The lowest BCUT2D eigenvalue weighted by atomic mass is 10.2. The van der Waals surface area contributed by atoms with Crippen molar-refractivity contribution in [2.75, 3.05) is 5.32 Å². The average molecular weight is 411 g/mol. The Kier molecular flexibility index (Phi) is 7.26. The Bertz CT molecular complexity index is 853. The average Bonchev–Trinajstić information content (AvgIpc) is 2.88. The van der Waals surface area contributed by atoms with Crippen LogP contribution in [-0.4, -0.2) is 25.6 Å². The first-order chi connectivity index (χ1) is 12.7. The largest absolute Gasteiger partial charge is 0.324 e. The van der Waals surface area contributed by atoms with Crippen molar-refractivity contribution < 1.29 is 9.72 Å². The number of thioether (sulfide) groups is 1. The highest BCUT2D eigenvalue weighted by Gasteiger charge is 2.21. The van der Waals surface area contributed by atoms with Crippen molar-refractivity contribution in [1.82, 2.24) is 9.55 Å². The minimum absolute atomic E-state index is 0.128. The highest BCUT2D eigenvalue weighted by Crippen LogP contribution is 2.29. The van der Waals surface area contributed by atoms with Gasteiger partial charge in [0.2, 0.25) is 5.91 Å². The molecule has 0 aliphatic rings. The molecule has 0 aliphatic carbocycles. The maximum atomic E-state index is 12.6. The molecule has 27 heavy (non-hydrogen) atoms. The highest BCUT2D eigenvalue weighted by molar-refractivity contribution is 8.00. The number of unbranched alkanes of at least 4 members (excludes halogenated alkanes) is 1. The van der Waals surface area contributed by atoms with Crippen LogP contribution in [0.3, 0.4) is 0 Å². The van der Waals surface area contributed by atoms with E-state index in [4.69, 9.17) is 11.6 Å². The van der Waals surface area contributed by atoms with Crippen LogP contribution in [0.15, 0.2) is 23.4 Å². The topological polar surface area (TPSA) is 90.1 Å². The van der Waals surface area contributed by atoms with Crippen LogP contribution >= 0.6 is 23.4 Å². The van der Waals surface area contributed by atoms with Gasteiger partial charge in [-0.05, 0) is 33.3 Å². The molecule has 0 fully saturated rings. The fourth-order valence-electron chi connectivity index (χ4n) is 2.46. The molecule has 146 valence electrons. The summed E-state index contributed by atoms with van der Waals surface area (Å²) in [5.74, 6) is -0.289. The van der Waals surface area contributed by atoms with Crippen LogP contribution in [0.4, 0.5) is 11.4 Å². The fraction of sp³-hybridized carbons (Fsp3) is 0.444. The molecule has 1 aromatic carbocycles. The number of carbonyl (C=O) groups excluding carboxylic acids is 1. The Morgan fingerprint density at radius 3 is 2.78 bits per heavy atom. The van der Waals surface area contributed by atoms with E-state index in [0.717, 1.165) is 35.9 Å². The number of aromatic nitrogens is 2. The molecule has 0 saturated heterocycles. The van der Waals surface area contributed by atoms with E-state index in [9.17, 15) is 14.9 Å². The number of imidazole rings is 1. The molecular formula is C18H23ClN4O3S. The third-order valence-electron chi connectivity index (χ3n) is 4.23. The van der Waals surface area contributed by atoms with Crippen molar-refractivity contribution in [3.05, 3.63) is 44.7 Å². The Morgan fingerprint density at radius 2 is 2.15 bits per heavy atom. The van der Waals surface area contributed by atoms with E-state index in [-0.39, 0.29) is 22.3 Å². The van der Waals surface area contributed by atoms with Crippen LogP contribution in [0.2, 0.25) is 5.02 Å². The predicted octanol–water partition coefficient (Wildman–Crippen LogP) is 4.98. The summed E-state index contributed by atoms with van der Waals surface area (Å²) in [6, 6.07) is 3.96. The summed E-state index contributed by atoms with van der Waals surface area (Å²) >= 11 is 7.42. The second-order valence-corrected chi connectivity index (χ2v) is 7.96.